The zero-order valence-electron chi connectivity index (χ0n) is 11.7. The van der Waals surface area contributed by atoms with E-state index < -0.39 is 17.9 Å². The summed E-state index contributed by atoms with van der Waals surface area (Å²) in [5.74, 6) is -1.64. The van der Waals surface area contributed by atoms with Crippen LogP contribution in [0.1, 0.15) is 43.1 Å². The number of amides is 2. The zero-order chi connectivity index (χ0) is 15.4. The third-order valence-electron chi connectivity index (χ3n) is 3.30. The van der Waals surface area contributed by atoms with E-state index in [0.29, 0.717) is 18.1 Å². The molecule has 2 heterocycles. The normalized spacial score (nSPS) is 18.9. The van der Waals surface area contributed by atoms with Crippen molar-refractivity contribution >= 4 is 34.3 Å². The van der Waals surface area contributed by atoms with Gasteiger partial charge in [0.05, 0.1) is 0 Å². The molecule has 1 atom stereocenters. The van der Waals surface area contributed by atoms with Crippen LogP contribution in [0.25, 0.3) is 0 Å². The average Bonchev–Trinajstić information content (AvgIpc) is 2.73. The van der Waals surface area contributed by atoms with Crippen LogP contribution in [0, 0.1) is 0 Å². The van der Waals surface area contributed by atoms with Crippen LogP contribution in [0.4, 0.5) is 5.13 Å². The number of aromatic nitrogens is 1. The van der Waals surface area contributed by atoms with Gasteiger partial charge in [0.15, 0.2) is 5.13 Å². The zero-order valence-corrected chi connectivity index (χ0v) is 12.5. The van der Waals surface area contributed by atoms with Crippen LogP contribution in [-0.2, 0) is 9.59 Å². The summed E-state index contributed by atoms with van der Waals surface area (Å²) in [7, 11) is 0. The van der Waals surface area contributed by atoms with Gasteiger partial charge in [-0.2, -0.15) is 0 Å². The molecule has 1 aliphatic rings. The Labute approximate surface area is 126 Å². The van der Waals surface area contributed by atoms with E-state index >= 15 is 0 Å². The maximum Gasteiger partial charge on any atom is 0.326 e. The van der Waals surface area contributed by atoms with E-state index in [4.69, 9.17) is 0 Å². The first-order valence-corrected chi connectivity index (χ1v) is 7.64. The summed E-state index contributed by atoms with van der Waals surface area (Å²) in [5.41, 5.74) is 0.178. The highest BCUT2D eigenvalue weighted by Gasteiger charge is 2.32. The van der Waals surface area contributed by atoms with Crippen molar-refractivity contribution in [2.75, 3.05) is 11.9 Å². The lowest BCUT2D eigenvalue weighted by Gasteiger charge is -2.26. The monoisotopic (exact) mass is 311 g/mol. The minimum Gasteiger partial charge on any atom is -0.480 e. The molecule has 0 bridgehead atoms. The highest BCUT2D eigenvalue weighted by molar-refractivity contribution is 7.14. The third kappa shape index (κ3) is 3.78. The SMILES string of the molecule is CC(=O)Nc1nc(C(=O)N2CCCCCC2C(=O)O)cs1. The molecular formula is C13H17N3O4S. The molecule has 2 rings (SSSR count). The predicted octanol–water partition coefficient (Wildman–Crippen LogP) is 1.57. The second-order valence-electron chi connectivity index (χ2n) is 4.92. The van der Waals surface area contributed by atoms with Crippen molar-refractivity contribution < 1.29 is 19.5 Å². The van der Waals surface area contributed by atoms with Crippen LogP contribution in [0.5, 0.6) is 0 Å². The van der Waals surface area contributed by atoms with E-state index in [9.17, 15) is 19.5 Å². The fourth-order valence-corrected chi connectivity index (χ4v) is 3.07. The van der Waals surface area contributed by atoms with Crippen molar-refractivity contribution in [3.8, 4) is 0 Å². The van der Waals surface area contributed by atoms with Crippen LogP contribution in [-0.4, -0.2) is 45.4 Å². The number of nitrogens with one attached hydrogen (secondary N) is 1. The molecule has 0 saturated carbocycles. The van der Waals surface area contributed by atoms with Gasteiger partial charge >= 0.3 is 5.97 Å². The van der Waals surface area contributed by atoms with Gasteiger partial charge in [-0.05, 0) is 12.8 Å². The minimum absolute atomic E-state index is 0.178. The van der Waals surface area contributed by atoms with E-state index in [0.717, 1.165) is 30.6 Å². The van der Waals surface area contributed by atoms with Gasteiger partial charge in [0.25, 0.3) is 5.91 Å². The van der Waals surface area contributed by atoms with Gasteiger partial charge in [0.1, 0.15) is 11.7 Å². The third-order valence-corrected chi connectivity index (χ3v) is 4.06. The summed E-state index contributed by atoms with van der Waals surface area (Å²) >= 11 is 1.15. The van der Waals surface area contributed by atoms with Gasteiger partial charge in [-0.25, -0.2) is 9.78 Å². The summed E-state index contributed by atoms with van der Waals surface area (Å²) in [5, 5.41) is 13.7. The Kier molecular flexibility index (Phi) is 4.89. The Morgan fingerprint density at radius 3 is 2.81 bits per heavy atom. The maximum atomic E-state index is 12.5. The number of carboxylic acids is 1. The first-order valence-electron chi connectivity index (χ1n) is 6.76. The highest BCUT2D eigenvalue weighted by Crippen LogP contribution is 2.22. The number of thiazole rings is 1. The molecule has 7 nitrogen and oxygen atoms in total. The molecular weight excluding hydrogens is 294 g/mol. The van der Waals surface area contributed by atoms with Crippen LogP contribution >= 0.6 is 11.3 Å². The van der Waals surface area contributed by atoms with E-state index in [-0.39, 0.29) is 11.6 Å². The topological polar surface area (TPSA) is 99.6 Å². The standard InChI is InChI=1S/C13H17N3O4S/c1-8(17)14-13-15-9(7-21-13)11(18)16-6-4-2-3-5-10(16)12(19)20/h7,10H,2-6H2,1H3,(H,19,20)(H,14,15,17). The number of rotatable bonds is 3. The molecule has 1 aromatic rings. The number of hydrogen-bond donors (Lipinski definition) is 2. The Morgan fingerprint density at radius 2 is 2.14 bits per heavy atom. The van der Waals surface area contributed by atoms with Gasteiger partial charge < -0.3 is 15.3 Å². The molecule has 8 heteroatoms. The summed E-state index contributed by atoms with van der Waals surface area (Å²) in [6.45, 7) is 1.78. The van der Waals surface area contributed by atoms with E-state index in [1.54, 1.807) is 0 Å². The number of hydrogen-bond acceptors (Lipinski definition) is 5. The van der Waals surface area contributed by atoms with Crippen LogP contribution in [0.3, 0.4) is 0 Å². The molecule has 0 aromatic carbocycles. The van der Waals surface area contributed by atoms with Crippen molar-refractivity contribution in [2.24, 2.45) is 0 Å². The Hall–Kier alpha value is -1.96. The molecule has 1 fully saturated rings. The minimum atomic E-state index is -0.984. The van der Waals surface area contributed by atoms with Gasteiger partial charge in [-0.15, -0.1) is 11.3 Å². The molecule has 2 amide bonds. The molecule has 1 saturated heterocycles. The lowest BCUT2D eigenvalue weighted by atomic mass is 10.1. The van der Waals surface area contributed by atoms with Gasteiger partial charge in [0.2, 0.25) is 5.91 Å². The van der Waals surface area contributed by atoms with Gasteiger partial charge in [-0.3, -0.25) is 9.59 Å². The highest BCUT2D eigenvalue weighted by atomic mass is 32.1. The molecule has 1 aliphatic heterocycles. The summed E-state index contributed by atoms with van der Waals surface area (Å²) in [6.07, 6.45) is 2.97. The lowest BCUT2D eigenvalue weighted by Crippen LogP contribution is -2.44. The molecule has 21 heavy (non-hydrogen) atoms. The fourth-order valence-electron chi connectivity index (χ4n) is 2.34. The van der Waals surface area contributed by atoms with Crippen molar-refractivity contribution in [3.05, 3.63) is 11.1 Å². The Bertz CT molecular complexity index is 557. The second-order valence-corrected chi connectivity index (χ2v) is 5.78. The maximum absolute atomic E-state index is 12.5. The van der Waals surface area contributed by atoms with Gasteiger partial charge in [-0.1, -0.05) is 12.8 Å². The summed E-state index contributed by atoms with van der Waals surface area (Å²) in [6, 6.07) is -0.800. The van der Waals surface area contributed by atoms with Crippen molar-refractivity contribution in [1.82, 2.24) is 9.88 Å². The number of carbonyl (C=O) groups is 3. The van der Waals surface area contributed by atoms with E-state index in [2.05, 4.69) is 10.3 Å². The predicted molar refractivity (Wildman–Crippen MR) is 77.3 cm³/mol. The van der Waals surface area contributed by atoms with Crippen LogP contribution in [0.2, 0.25) is 0 Å². The largest absolute Gasteiger partial charge is 0.480 e. The number of aliphatic carboxylic acids is 1. The number of carboxylic acid groups (broad SMARTS) is 1. The molecule has 1 unspecified atom stereocenters. The fraction of sp³-hybridized carbons (Fsp3) is 0.538. The van der Waals surface area contributed by atoms with Crippen LogP contribution in [0.15, 0.2) is 5.38 Å². The molecule has 1 aromatic heterocycles. The quantitative estimate of drug-likeness (QED) is 0.882. The Morgan fingerprint density at radius 1 is 1.38 bits per heavy atom. The van der Waals surface area contributed by atoms with Crippen molar-refractivity contribution in [1.29, 1.82) is 0 Å². The molecule has 2 N–H and O–H groups in total. The molecule has 0 spiro atoms. The van der Waals surface area contributed by atoms with Crippen molar-refractivity contribution in [3.63, 3.8) is 0 Å². The Balaban J connectivity index is 2.17. The van der Waals surface area contributed by atoms with Crippen molar-refractivity contribution in [2.45, 2.75) is 38.6 Å². The second kappa shape index (κ2) is 6.66. The van der Waals surface area contributed by atoms with E-state index in [1.807, 2.05) is 0 Å². The number of anilines is 1. The van der Waals surface area contributed by atoms with Gasteiger partial charge in [0, 0.05) is 18.8 Å². The summed E-state index contributed by atoms with van der Waals surface area (Å²) < 4.78 is 0. The lowest BCUT2D eigenvalue weighted by molar-refractivity contribution is -0.142. The molecule has 114 valence electrons. The smallest absolute Gasteiger partial charge is 0.326 e. The molecule has 0 aliphatic carbocycles. The number of likely N-dealkylation sites (tertiary alicyclic amines) is 1. The average molecular weight is 311 g/mol. The first kappa shape index (κ1) is 15.4. The molecule has 0 radical (unpaired) electrons. The van der Waals surface area contributed by atoms with E-state index in [1.165, 1.54) is 17.2 Å². The number of nitrogens with zero attached hydrogens (tertiary/aromatic N) is 2. The summed E-state index contributed by atoms with van der Waals surface area (Å²) in [4.78, 5) is 40.2. The number of carbonyl (C=O) groups excluding carboxylic acids is 2. The van der Waals surface area contributed by atoms with Crippen LogP contribution < -0.4 is 5.32 Å². The first-order chi connectivity index (χ1) is 9.99.